The number of likely N-dealkylation sites (tertiary alicyclic amines) is 1. The number of benzene rings is 2. The van der Waals surface area contributed by atoms with E-state index in [-0.39, 0.29) is 30.3 Å². The second-order valence-corrected chi connectivity index (χ2v) is 9.09. The second kappa shape index (κ2) is 6.01. The van der Waals surface area contributed by atoms with Crippen molar-refractivity contribution in [3.8, 4) is 0 Å². The van der Waals surface area contributed by atoms with Crippen molar-refractivity contribution in [1.29, 1.82) is 0 Å². The first-order chi connectivity index (χ1) is 14.5. The van der Waals surface area contributed by atoms with Crippen molar-refractivity contribution in [3.05, 3.63) is 65.2 Å². The second-order valence-electron chi connectivity index (χ2n) is 9.09. The molecule has 6 rings (SSSR count). The summed E-state index contributed by atoms with van der Waals surface area (Å²) in [4.78, 5) is 43.3. The van der Waals surface area contributed by atoms with E-state index in [1.165, 1.54) is 4.90 Å². The molecule has 5 atom stereocenters. The van der Waals surface area contributed by atoms with Crippen LogP contribution in [0.15, 0.2) is 48.5 Å². The Morgan fingerprint density at radius 3 is 2.70 bits per heavy atom. The molecule has 2 aromatic rings. The maximum absolute atomic E-state index is 13.7. The van der Waals surface area contributed by atoms with E-state index in [9.17, 15) is 14.4 Å². The third-order valence-corrected chi connectivity index (χ3v) is 7.65. The number of fused-ring (bicyclic) bond motifs is 7. The molecule has 0 aliphatic carbocycles. The van der Waals surface area contributed by atoms with E-state index in [0.29, 0.717) is 0 Å². The first-order valence-corrected chi connectivity index (χ1v) is 10.7. The first-order valence-electron chi connectivity index (χ1n) is 10.7. The molecule has 4 heterocycles. The molecule has 152 valence electrons. The van der Waals surface area contributed by atoms with Crippen LogP contribution in [0.2, 0.25) is 0 Å². The van der Waals surface area contributed by atoms with Crippen molar-refractivity contribution < 1.29 is 19.3 Å². The summed E-state index contributed by atoms with van der Waals surface area (Å²) < 4.78 is 0. The largest absolute Gasteiger partial charge is 0.320 e. The number of hydrogen-bond donors (Lipinski definition) is 2. The van der Waals surface area contributed by atoms with Gasteiger partial charge in [0.1, 0.15) is 17.9 Å². The van der Waals surface area contributed by atoms with Gasteiger partial charge in [0.15, 0.2) is 0 Å². The van der Waals surface area contributed by atoms with E-state index in [4.69, 9.17) is 0 Å². The number of carbonyl (C=O) groups is 3. The van der Waals surface area contributed by atoms with Crippen LogP contribution >= 0.6 is 0 Å². The van der Waals surface area contributed by atoms with Crippen LogP contribution in [-0.2, 0) is 26.5 Å². The monoisotopic (exact) mass is 402 g/mol. The molecule has 0 bridgehead atoms. The van der Waals surface area contributed by atoms with E-state index < -0.39 is 17.4 Å². The molecule has 3 saturated heterocycles. The average molecular weight is 402 g/mol. The highest BCUT2D eigenvalue weighted by molar-refractivity contribution is 6.14. The SMILES string of the molecule is Cc1ccc2c(c1)[C@]1(C(=O)N2)[C@@H]2C(=O)N(Cc3ccccc3)C(=O)[C@@H]2[C@@H]2CCC[NH+]21. The van der Waals surface area contributed by atoms with Crippen LogP contribution in [0.4, 0.5) is 5.69 Å². The van der Waals surface area contributed by atoms with E-state index in [1.54, 1.807) is 0 Å². The lowest BCUT2D eigenvalue weighted by Crippen LogP contribution is -3.19. The molecule has 1 spiro atoms. The van der Waals surface area contributed by atoms with Crippen molar-refractivity contribution in [2.75, 3.05) is 11.9 Å². The lowest BCUT2D eigenvalue weighted by Gasteiger charge is -2.33. The third-order valence-electron chi connectivity index (χ3n) is 7.65. The molecule has 30 heavy (non-hydrogen) atoms. The minimum absolute atomic E-state index is 0.0180. The fourth-order valence-corrected chi connectivity index (χ4v) is 6.56. The maximum atomic E-state index is 13.7. The van der Waals surface area contributed by atoms with Crippen LogP contribution in [-0.4, -0.2) is 35.2 Å². The molecule has 2 N–H and O–H groups in total. The number of rotatable bonds is 2. The third kappa shape index (κ3) is 2.04. The minimum atomic E-state index is -0.995. The molecule has 4 aliphatic heterocycles. The molecule has 3 fully saturated rings. The van der Waals surface area contributed by atoms with Gasteiger partial charge in [-0.05, 0) is 24.6 Å². The fraction of sp³-hybridized carbons (Fsp3) is 0.375. The molecule has 4 aliphatic rings. The quantitative estimate of drug-likeness (QED) is 0.737. The van der Waals surface area contributed by atoms with E-state index in [2.05, 4.69) is 5.32 Å². The van der Waals surface area contributed by atoms with Crippen LogP contribution in [0.1, 0.15) is 29.5 Å². The Morgan fingerprint density at radius 2 is 1.90 bits per heavy atom. The van der Waals surface area contributed by atoms with Gasteiger partial charge in [-0.15, -0.1) is 0 Å². The lowest BCUT2D eigenvalue weighted by atomic mass is 9.75. The van der Waals surface area contributed by atoms with Crippen molar-refractivity contribution in [2.24, 2.45) is 11.8 Å². The molecular formula is C24H24N3O3+. The Morgan fingerprint density at radius 1 is 1.10 bits per heavy atom. The van der Waals surface area contributed by atoms with Crippen LogP contribution in [0, 0.1) is 18.8 Å². The van der Waals surface area contributed by atoms with E-state index >= 15 is 0 Å². The zero-order valence-corrected chi connectivity index (χ0v) is 16.9. The fourth-order valence-electron chi connectivity index (χ4n) is 6.56. The van der Waals surface area contributed by atoms with Gasteiger partial charge in [0.05, 0.1) is 18.8 Å². The highest BCUT2D eigenvalue weighted by Crippen LogP contribution is 2.51. The summed E-state index contributed by atoms with van der Waals surface area (Å²) >= 11 is 0. The van der Waals surface area contributed by atoms with Gasteiger partial charge >= 0.3 is 0 Å². The molecule has 2 aromatic carbocycles. The molecule has 6 heteroatoms. The smallest absolute Gasteiger partial charge is 0.291 e. The molecular weight excluding hydrogens is 378 g/mol. The number of nitrogens with zero attached hydrogens (tertiary/aromatic N) is 1. The Labute approximate surface area is 174 Å². The Kier molecular flexibility index (Phi) is 3.58. The summed E-state index contributed by atoms with van der Waals surface area (Å²) in [6, 6.07) is 15.6. The van der Waals surface area contributed by atoms with Crippen molar-refractivity contribution >= 4 is 23.4 Å². The van der Waals surface area contributed by atoms with E-state index in [1.807, 2.05) is 55.5 Å². The van der Waals surface area contributed by atoms with E-state index in [0.717, 1.165) is 46.7 Å². The maximum Gasteiger partial charge on any atom is 0.291 e. The predicted molar refractivity (Wildman–Crippen MR) is 109 cm³/mol. The predicted octanol–water partition coefficient (Wildman–Crippen LogP) is 1.00. The highest BCUT2D eigenvalue weighted by Gasteiger charge is 2.78. The van der Waals surface area contributed by atoms with Crippen molar-refractivity contribution in [1.82, 2.24) is 4.90 Å². The molecule has 1 unspecified atom stereocenters. The highest BCUT2D eigenvalue weighted by atomic mass is 16.2. The summed E-state index contributed by atoms with van der Waals surface area (Å²) in [7, 11) is 0. The van der Waals surface area contributed by atoms with Gasteiger partial charge in [0.25, 0.3) is 5.91 Å². The normalized spacial score (nSPS) is 33.8. The van der Waals surface area contributed by atoms with Crippen LogP contribution in [0.25, 0.3) is 0 Å². The summed E-state index contributed by atoms with van der Waals surface area (Å²) in [6.07, 6.45) is 1.85. The first kappa shape index (κ1) is 17.8. The van der Waals surface area contributed by atoms with Gasteiger partial charge in [-0.1, -0.05) is 42.0 Å². The van der Waals surface area contributed by atoms with Gasteiger partial charge in [-0.2, -0.15) is 0 Å². The number of aryl methyl sites for hydroxylation is 1. The number of amides is 3. The summed E-state index contributed by atoms with van der Waals surface area (Å²) in [5, 5.41) is 3.04. The number of quaternary nitrogens is 1. The topological polar surface area (TPSA) is 70.9 Å². The molecule has 0 radical (unpaired) electrons. The lowest BCUT2D eigenvalue weighted by molar-refractivity contribution is -0.948. The summed E-state index contributed by atoms with van der Waals surface area (Å²) in [5.74, 6) is -1.47. The van der Waals surface area contributed by atoms with Crippen LogP contribution < -0.4 is 10.2 Å². The standard InChI is InChI=1S/C24H23N3O3/c1-14-9-10-17-16(12-14)24(23(30)25-17)20-19(18-8-5-11-27(18)24)21(28)26(22(20)29)13-15-6-3-2-4-7-15/h2-4,6-7,9-10,12,18-20H,5,8,11,13H2,1H3,(H,25,30)/p+1/t18-,19+,20-,24+/m0/s1. The number of imide groups is 1. The Hall–Kier alpha value is -2.99. The van der Waals surface area contributed by atoms with Gasteiger partial charge in [0.2, 0.25) is 17.4 Å². The van der Waals surface area contributed by atoms with Gasteiger partial charge in [-0.3, -0.25) is 19.3 Å². The van der Waals surface area contributed by atoms with Gasteiger partial charge in [0, 0.05) is 18.4 Å². The summed E-state index contributed by atoms with van der Waals surface area (Å²) in [6.45, 7) is 3.09. The zero-order valence-electron chi connectivity index (χ0n) is 16.9. The number of carbonyl (C=O) groups excluding carboxylic acids is 3. The Balaban J connectivity index is 1.50. The summed E-state index contributed by atoms with van der Waals surface area (Å²) in [5.41, 5.74) is 2.67. The number of hydrogen-bond acceptors (Lipinski definition) is 3. The minimum Gasteiger partial charge on any atom is -0.320 e. The Bertz CT molecular complexity index is 1100. The average Bonchev–Trinajstić information content (AvgIpc) is 3.44. The van der Waals surface area contributed by atoms with Crippen molar-refractivity contribution in [3.63, 3.8) is 0 Å². The zero-order chi connectivity index (χ0) is 20.6. The van der Waals surface area contributed by atoms with Crippen LogP contribution in [0.3, 0.4) is 0 Å². The van der Waals surface area contributed by atoms with Gasteiger partial charge < -0.3 is 10.2 Å². The number of nitrogens with one attached hydrogen (secondary N) is 2. The molecule has 6 nitrogen and oxygen atoms in total. The van der Waals surface area contributed by atoms with Crippen molar-refractivity contribution in [2.45, 2.75) is 37.9 Å². The number of anilines is 1. The van der Waals surface area contributed by atoms with Gasteiger partial charge in [-0.25, -0.2) is 0 Å². The van der Waals surface area contributed by atoms with Crippen LogP contribution in [0.5, 0.6) is 0 Å². The molecule has 0 saturated carbocycles. The molecule has 0 aromatic heterocycles. The molecule has 3 amide bonds.